The molecule has 0 aliphatic carbocycles. The first kappa shape index (κ1) is 24.7. The van der Waals surface area contributed by atoms with Gasteiger partial charge in [0.2, 0.25) is 11.1 Å². The van der Waals surface area contributed by atoms with Gasteiger partial charge in [-0.05, 0) is 35.2 Å². The van der Waals surface area contributed by atoms with Gasteiger partial charge in [-0.2, -0.15) is 0 Å². The number of aliphatic carboxylic acids is 1. The van der Waals surface area contributed by atoms with Crippen LogP contribution in [0.25, 0.3) is 0 Å². The Kier molecular flexibility index (Phi) is 7.28. The number of methoxy groups -OCH3 is 1. The lowest BCUT2D eigenvalue weighted by Gasteiger charge is -2.55. The lowest BCUT2D eigenvalue weighted by atomic mass is 9.98. The molecule has 182 valence electrons. The maximum atomic E-state index is 13.2. The van der Waals surface area contributed by atoms with Crippen molar-refractivity contribution in [1.29, 1.82) is 0 Å². The molecule has 0 saturated carbocycles. The highest BCUT2D eigenvalue weighted by Crippen LogP contribution is 2.47. The Labute approximate surface area is 207 Å². The topological polar surface area (TPSA) is 152 Å². The Hall–Kier alpha value is -2.46. The summed E-state index contributed by atoms with van der Waals surface area (Å²) < 4.78 is 6.99. The maximum absolute atomic E-state index is 13.2. The number of thioether (sulfide) groups is 2. The number of nitrogens with zero attached hydrogens (tertiary/aromatic N) is 5. The molecule has 2 amide bonds. The molecule has 1 saturated heterocycles. The molecular weight excluding hydrogens is 502 g/mol. The number of carboxylic acid groups (broad SMARTS) is 1. The molecule has 2 aromatic heterocycles. The Morgan fingerprint density at radius 1 is 1.38 bits per heavy atom. The minimum absolute atomic E-state index is 0.0896. The van der Waals surface area contributed by atoms with Gasteiger partial charge in [-0.25, -0.2) is 9.48 Å². The molecule has 0 bridgehead atoms. The number of tetrazole rings is 1. The van der Waals surface area contributed by atoms with Crippen molar-refractivity contribution in [1.82, 2.24) is 35.7 Å². The van der Waals surface area contributed by atoms with E-state index in [1.54, 1.807) is 7.05 Å². The van der Waals surface area contributed by atoms with E-state index in [4.69, 9.17) is 4.74 Å². The van der Waals surface area contributed by atoms with Gasteiger partial charge >= 0.3 is 5.97 Å². The van der Waals surface area contributed by atoms with Gasteiger partial charge in [-0.15, -0.1) is 28.2 Å². The molecule has 2 atom stereocenters. The van der Waals surface area contributed by atoms with E-state index in [1.807, 2.05) is 19.2 Å². The number of hydrogen-bond donors (Lipinski definition) is 3. The summed E-state index contributed by atoms with van der Waals surface area (Å²) in [5.74, 6) is -1.53. The van der Waals surface area contributed by atoms with Gasteiger partial charge in [0, 0.05) is 42.0 Å². The fourth-order valence-corrected chi connectivity index (χ4v) is 7.20. The quantitative estimate of drug-likeness (QED) is 0.219. The fraction of sp³-hybridized carbons (Fsp3) is 0.474. The Bertz CT molecular complexity index is 1150. The zero-order valence-corrected chi connectivity index (χ0v) is 21.1. The first-order valence-corrected chi connectivity index (χ1v) is 13.0. The van der Waals surface area contributed by atoms with Crippen LogP contribution in [-0.4, -0.2) is 84.8 Å². The van der Waals surface area contributed by atoms with Gasteiger partial charge in [0.15, 0.2) is 0 Å². The lowest BCUT2D eigenvalue weighted by molar-refractivity contribution is -0.192. The molecule has 0 spiro atoms. The van der Waals surface area contributed by atoms with Crippen LogP contribution in [0.3, 0.4) is 0 Å². The monoisotopic (exact) mass is 525 g/mol. The minimum atomic E-state index is -1.61. The van der Waals surface area contributed by atoms with Crippen LogP contribution < -0.4 is 10.6 Å². The predicted octanol–water partition coefficient (Wildman–Crippen LogP) is 0.0385. The smallest absolute Gasteiger partial charge is 0.352 e. The van der Waals surface area contributed by atoms with Crippen molar-refractivity contribution in [2.24, 2.45) is 7.05 Å². The van der Waals surface area contributed by atoms with Gasteiger partial charge in [0.25, 0.3) is 11.6 Å². The predicted molar refractivity (Wildman–Crippen MR) is 126 cm³/mol. The van der Waals surface area contributed by atoms with E-state index < -0.39 is 23.0 Å². The molecule has 0 radical (unpaired) electrons. The number of carbonyl (C=O) groups excluding carboxylic acids is 2. The number of aryl methyl sites for hydroxylation is 1. The van der Waals surface area contributed by atoms with E-state index in [0.717, 1.165) is 9.75 Å². The number of nitrogens with one attached hydrogen (secondary N) is 2. The standard InChI is InChI=1S/C19H23N7O5S3/c1-20-7-12-5-4-11(34-12)6-13(27)21-19(31-3)16(30)26-14(15(28)29)10(8-32-17(19)26)9-33-18-22-23-24-25(18)2/h4-5,17,20H,6-9H2,1-3H3,(H,21,27)(H,28,29)/t17-,19+/m1/s1. The second-order valence-corrected chi connectivity index (χ2v) is 10.8. The molecule has 4 heterocycles. The van der Waals surface area contributed by atoms with Gasteiger partial charge in [0.1, 0.15) is 11.1 Å². The van der Waals surface area contributed by atoms with Crippen molar-refractivity contribution in [3.05, 3.63) is 33.2 Å². The third-order valence-electron chi connectivity index (χ3n) is 5.32. The van der Waals surface area contributed by atoms with E-state index in [-0.39, 0.29) is 18.0 Å². The molecule has 4 rings (SSSR count). The molecule has 2 aromatic rings. The van der Waals surface area contributed by atoms with Crippen LogP contribution in [0, 0.1) is 0 Å². The molecule has 2 aliphatic heterocycles. The van der Waals surface area contributed by atoms with E-state index in [2.05, 4.69) is 26.2 Å². The number of ether oxygens (including phenoxy) is 1. The molecular formula is C19H23N7O5S3. The largest absolute Gasteiger partial charge is 0.477 e. The highest BCUT2D eigenvalue weighted by Gasteiger charge is 2.66. The lowest BCUT2D eigenvalue weighted by Crippen LogP contribution is -2.80. The maximum Gasteiger partial charge on any atom is 0.352 e. The van der Waals surface area contributed by atoms with Crippen LogP contribution in [0.4, 0.5) is 0 Å². The first-order chi connectivity index (χ1) is 16.3. The van der Waals surface area contributed by atoms with Gasteiger partial charge in [0.05, 0.1) is 6.42 Å². The second kappa shape index (κ2) is 10.0. The first-order valence-electron chi connectivity index (χ1n) is 10.1. The molecule has 0 aromatic carbocycles. The van der Waals surface area contributed by atoms with Crippen molar-refractivity contribution >= 4 is 52.6 Å². The van der Waals surface area contributed by atoms with Crippen molar-refractivity contribution in [3.8, 4) is 0 Å². The zero-order valence-electron chi connectivity index (χ0n) is 18.6. The number of aromatic nitrogens is 4. The molecule has 3 N–H and O–H groups in total. The summed E-state index contributed by atoms with van der Waals surface area (Å²) in [6, 6.07) is 3.83. The van der Waals surface area contributed by atoms with E-state index in [1.165, 1.54) is 51.6 Å². The van der Waals surface area contributed by atoms with Crippen LogP contribution >= 0.6 is 34.9 Å². The third kappa shape index (κ3) is 4.45. The number of hydrogen-bond acceptors (Lipinski definition) is 11. The molecule has 34 heavy (non-hydrogen) atoms. The molecule has 1 fully saturated rings. The van der Waals surface area contributed by atoms with Crippen LogP contribution in [0.1, 0.15) is 9.75 Å². The van der Waals surface area contributed by atoms with Gasteiger partial charge in [-0.1, -0.05) is 11.8 Å². The summed E-state index contributed by atoms with van der Waals surface area (Å²) in [5.41, 5.74) is -1.13. The Balaban J connectivity index is 1.49. The summed E-state index contributed by atoms with van der Waals surface area (Å²) in [6.45, 7) is 0.707. The molecule has 2 aliphatic rings. The molecule has 15 heteroatoms. The van der Waals surface area contributed by atoms with Crippen LogP contribution in [0.5, 0.6) is 0 Å². The number of thiophene rings is 1. The number of rotatable bonds is 10. The summed E-state index contributed by atoms with van der Waals surface area (Å²) in [5, 5.41) is 26.7. The highest BCUT2D eigenvalue weighted by atomic mass is 32.2. The Morgan fingerprint density at radius 2 is 2.15 bits per heavy atom. The van der Waals surface area contributed by atoms with Gasteiger partial charge in [-0.3, -0.25) is 14.5 Å². The van der Waals surface area contributed by atoms with E-state index in [0.29, 0.717) is 28.8 Å². The summed E-state index contributed by atoms with van der Waals surface area (Å²) in [4.78, 5) is 41.2. The number of carbonyl (C=O) groups is 3. The van der Waals surface area contributed by atoms with Crippen molar-refractivity contribution in [2.75, 3.05) is 25.7 Å². The number of carboxylic acids is 1. The highest BCUT2D eigenvalue weighted by molar-refractivity contribution is 8.01. The average Bonchev–Trinajstić information content (AvgIpc) is 3.43. The number of β-lactam (4-membered cyclic amide) rings is 1. The van der Waals surface area contributed by atoms with Crippen molar-refractivity contribution < 1.29 is 24.2 Å². The van der Waals surface area contributed by atoms with Crippen LogP contribution in [-0.2, 0) is 39.1 Å². The normalized spacial score (nSPS) is 21.9. The SMILES string of the molecule is CNCc1ccc(CC(=O)N[C@]2(OC)C(=O)N3C(C(=O)O)=C(CSc4nnnn4C)CS[C@@H]32)s1. The van der Waals surface area contributed by atoms with E-state index >= 15 is 0 Å². The fourth-order valence-electron chi connectivity index (χ4n) is 3.75. The van der Waals surface area contributed by atoms with Crippen LogP contribution in [0.15, 0.2) is 28.6 Å². The average molecular weight is 526 g/mol. The zero-order chi connectivity index (χ0) is 24.5. The summed E-state index contributed by atoms with van der Waals surface area (Å²) in [7, 11) is 4.87. The van der Waals surface area contributed by atoms with Crippen molar-refractivity contribution in [2.45, 2.75) is 29.2 Å². The Morgan fingerprint density at radius 3 is 2.79 bits per heavy atom. The van der Waals surface area contributed by atoms with E-state index in [9.17, 15) is 19.5 Å². The summed E-state index contributed by atoms with van der Waals surface area (Å²) >= 11 is 4.14. The van der Waals surface area contributed by atoms with Crippen LogP contribution in [0.2, 0.25) is 0 Å². The van der Waals surface area contributed by atoms with Gasteiger partial charge < -0.3 is 20.5 Å². The molecule has 0 unspecified atom stereocenters. The minimum Gasteiger partial charge on any atom is -0.477 e. The number of fused-ring (bicyclic) bond motifs is 1. The number of amides is 2. The van der Waals surface area contributed by atoms with Crippen molar-refractivity contribution in [3.63, 3.8) is 0 Å². The third-order valence-corrected chi connectivity index (χ3v) is 8.88. The second-order valence-electron chi connectivity index (χ2n) is 7.53. The molecule has 12 nitrogen and oxygen atoms in total. The summed E-state index contributed by atoms with van der Waals surface area (Å²) in [6.07, 6.45) is 0.0966.